The van der Waals surface area contributed by atoms with E-state index in [1.807, 2.05) is 52.0 Å². The van der Waals surface area contributed by atoms with Gasteiger partial charge in [-0.15, -0.1) is 0 Å². The molecule has 28 heavy (non-hydrogen) atoms. The summed E-state index contributed by atoms with van der Waals surface area (Å²) in [6, 6.07) is 0. The molecule has 0 saturated heterocycles. The monoisotopic (exact) mass is 386 g/mol. The Morgan fingerprint density at radius 3 is 1.82 bits per heavy atom. The molecule has 156 valence electrons. The molecule has 0 amide bonds. The summed E-state index contributed by atoms with van der Waals surface area (Å²) < 4.78 is 0. The summed E-state index contributed by atoms with van der Waals surface area (Å²) >= 11 is 0. The lowest BCUT2D eigenvalue weighted by molar-refractivity contribution is -0.129. The number of Topliss-reactive ketones (excluding diaryl/α,β-unsaturated/α-hetero) is 3. The van der Waals surface area contributed by atoms with Gasteiger partial charge in [0, 0.05) is 6.42 Å². The minimum absolute atomic E-state index is 0.0364. The van der Waals surface area contributed by atoms with Gasteiger partial charge in [-0.1, -0.05) is 64.0 Å². The molecule has 0 aromatic carbocycles. The Kier molecular flexibility index (Phi) is 11.5. The molecule has 0 N–H and O–H groups in total. The number of allylic oxidation sites excluding steroid dienone is 8. The normalized spacial score (nSPS) is 17.2. The van der Waals surface area contributed by atoms with Gasteiger partial charge in [0.15, 0.2) is 11.6 Å². The van der Waals surface area contributed by atoms with Crippen LogP contribution in [-0.2, 0) is 14.4 Å². The van der Waals surface area contributed by atoms with E-state index in [-0.39, 0.29) is 23.3 Å². The zero-order chi connectivity index (χ0) is 22.0. The first-order valence-corrected chi connectivity index (χ1v) is 10.3. The van der Waals surface area contributed by atoms with Crippen molar-refractivity contribution in [3.8, 4) is 0 Å². The molecule has 0 rings (SSSR count). The van der Waals surface area contributed by atoms with Crippen molar-refractivity contribution in [3.63, 3.8) is 0 Å². The van der Waals surface area contributed by atoms with Crippen molar-refractivity contribution in [2.24, 2.45) is 17.8 Å². The molecule has 0 aromatic rings. The third kappa shape index (κ3) is 8.77. The van der Waals surface area contributed by atoms with Crippen LogP contribution >= 0.6 is 0 Å². The molecule has 0 heterocycles. The van der Waals surface area contributed by atoms with E-state index in [0.717, 1.165) is 23.1 Å². The van der Waals surface area contributed by atoms with Gasteiger partial charge in [0.25, 0.3) is 0 Å². The summed E-state index contributed by atoms with van der Waals surface area (Å²) in [5, 5.41) is 0. The third-order valence-corrected chi connectivity index (χ3v) is 4.99. The number of rotatable bonds is 11. The van der Waals surface area contributed by atoms with Crippen LogP contribution < -0.4 is 0 Å². The van der Waals surface area contributed by atoms with Crippen molar-refractivity contribution < 1.29 is 14.4 Å². The second kappa shape index (κ2) is 12.4. The summed E-state index contributed by atoms with van der Waals surface area (Å²) in [5.74, 6) is -0.220. The van der Waals surface area contributed by atoms with E-state index >= 15 is 0 Å². The zero-order valence-corrected chi connectivity index (χ0v) is 19.2. The fraction of sp³-hybridized carbons (Fsp3) is 0.560. The molecule has 0 spiro atoms. The van der Waals surface area contributed by atoms with Gasteiger partial charge < -0.3 is 0 Å². The van der Waals surface area contributed by atoms with Gasteiger partial charge in [0.05, 0.1) is 5.92 Å². The van der Waals surface area contributed by atoms with Crippen LogP contribution in [0.5, 0.6) is 0 Å². The molecule has 0 aliphatic rings. The Bertz CT molecular complexity index is 701. The maximum atomic E-state index is 12.5. The molecule has 0 fully saturated rings. The quantitative estimate of drug-likeness (QED) is 0.241. The predicted octanol–water partition coefficient (Wildman–Crippen LogP) is 6.21. The zero-order valence-electron chi connectivity index (χ0n) is 19.2. The van der Waals surface area contributed by atoms with Crippen LogP contribution in [-0.4, -0.2) is 17.3 Å². The maximum absolute atomic E-state index is 12.5. The summed E-state index contributed by atoms with van der Waals surface area (Å²) in [6.07, 6.45) is 9.20. The highest BCUT2D eigenvalue weighted by Gasteiger charge is 2.20. The van der Waals surface area contributed by atoms with Crippen molar-refractivity contribution >= 4 is 17.3 Å². The lowest BCUT2D eigenvalue weighted by Gasteiger charge is -2.09. The smallest absolute Gasteiger partial charge is 0.183 e. The van der Waals surface area contributed by atoms with Crippen molar-refractivity contribution in [1.29, 1.82) is 0 Å². The largest absolute Gasteiger partial charge is 0.299 e. The van der Waals surface area contributed by atoms with Crippen LogP contribution in [0.4, 0.5) is 0 Å². The average Bonchev–Trinajstić information content (AvgIpc) is 2.64. The molecule has 0 aliphatic carbocycles. The van der Waals surface area contributed by atoms with Gasteiger partial charge >= 0.3 is 0 Å². The number of ketones is 3. The van der Waals surface area contributed by atoms with E-state index < -0.39 is 5.92 Å². The van der Waals surface area contributed by atoms with Crippen molar-refractivity contribution in [2.45, 2.75) is 75.2 Å². The second-order valence-electron chi connectivity index (χ2n) is 7.92. The number of carbonyl (C=O) groups excluding carboxylic acids is 3. The lowest BCUT2D eigenvalue weighted by Crippen LogP contribution is -2.21. The molecule has 3 heteroatoms. The fourth-order valence-electron chi connectivity index (χ4n) is 3.12. The Balaban J connectivity index is 5.27. The number of hydrogen-bond acceptors (Lipinski definition) is 3. The van der Waals surface area contributed by atoms with Gasteiger partial charge in [-0.3, -0.25) is 14.4 Å². The summed E-state index contributed by atoms with van der Waals surface area (Å²) in [4.78, 5) is 36.6. The van der Waals surface area contributed by atoms with Gasteiger partial charge in [0.1, 0.15) is 5.78 Å². The minimum atomic E-state index is -0.591. The second-order valence-corrected chi connectivity index (χ2v) is 7.92. The Morgan fingerprint density at radius 1 is 0.786 bits per heavy atom. The van der Waals surface area contributed by atoms with Crippen LogP contribution in [0.15, 0.2) is 46.6 Å². The van der Waals surface area contributed by atoms with E-state index in [4.69, 9.17) is 0 Å². The molecule has 0 aliphatic heterocycles. The van der Waals surface area contributed by atoms with E-state index in [0.29, 0.717) is 17.9 Å². The van der Waals surface area contributed by atoms with Crippen molar-refractivity contribution in [2.75, 3.05) is 0 Å². The first-order valence-electron chi connectivity index (χ1n) is 10.3. The van der Waals surface area contributed by atoms with Gasteiger partial charge in [-0.25, -0.2) is 0 Å². The summed E-state index contributed by atoms with van der Waals surface area (Å²) in [7, 11) is 0. The molecule has 0 bridgehead atoms. The molecular weight excluding hydrogens is 348 g/mol. The topological polar surface area (TPSA) is 51.2 Å². The van der Waals surface area contributed by atoms with Crippen molar-refractivity contribution in [3.05, 3.63) is 46.6 Å². The maximum Gasteiger partial charge on any atom is 0.183 e. The Morgan fingerprint density at radius 2 is 1.32 bits per heavy atom. The molecule has 0 aromatic heterocycles. The van der Waals surface area contributed by atoms with Crippen LogP contribution in [0.2, 0.25) is 0 Å². The van der Waals surface area contributed by atoms with Gasteiger partial charge in [-0.05, 0) is 63.2 Å². The molecule has 0 radical (unpaired) electrons. The van der Waals surface area contributed by atoms with Crippen molar-refractivity contribution in [1.82, 2.24) is 0 Å². The minimum Gasteiger partial charge on any atom is -0.299 e. The third-order valence-electron chi connectivity index (χ3n) is 4.99. The van der Waals surface area contributed by atoms with E-state index in [1.165, 1.54) is 0 Å². The lowest BCUT2D eigenvalue weighted by atomic mass is 9.93. The summed E-state index contributed by atoms with van der Waals surface area (Å²) in [6.45, 7) is 17.1. The Labute approximate surface area is 171 Å². The molecule has 3 atom stereocenters. The van der Waals surface area contributed by atoms with E-state index in [2.05, 4.69) is 13.8 Å². The van der Waals surface area contributed by atoms with Gasteiger partial charge in [-0.2, -0.15) is 0 Å². The Hall–Kier alpha value is -2.03. The molecule has 0 saturated carbocycles. The van der Waals surface area contributed by atoms with E-state index in [1.54, 1.807) is 20.8 Å². The predicted molar refractivity (Wildman–Crippen MR) is 118 cm³/mol. The number of carbonyl (C=O) groups is 3. The van der Waals surface area contributed by atoms with Crippen LogP contribution in [0.1, 0.15) is 75.2 Å². The highest BCUT2D eigenvalue weighted by molar-refractivity contribution is 6.09. The van der Waals surface area contributed by atoms with Crippen LogP contribution in [0.25, 0.3) is 0 Å². The summed E-state index contributed by atoms with van der Waals surface area (Å²) in [5.41, 5.74) is 3.04. The molecule has 3 unspecified atom stereocenters. The first-order chi connectivity index (χ1) is 12.9. The van der Waals surface area contributed by atoms with Crippen LogP contribution in [0.3, 0.4) is 0 Å². The molecular formula is C25H38O3. The highest BCUT2D eigenvalue weighted by Crippen LogP contribution is 2.16. The van der Waals surface area contributed by atoms with E-state index in [9.17, 15) is 14.4 Å². The number of hydrogen-bond donors (Lipinski definition) is 0. The van der Waals surface area contributed by atoms with Gasteiger partial charge in [0.2, 0.25) is 0 Å². The first kappa shape index (κ1) is 26.0. The average molecular weight is 387 g/mol. The SMILES string of the molecule is CCC(=O)C(C)C(=O)/C(C)=C/C(C)=C/C(C)/C=C(\C)C(=O)/C(C)=C/C(C)CC. The highest BCUT2D eigenvalue weighted by atomic mass is 16.2. The standard InChI is InChI=1S/C25H38O3/c1-10-16(3)13-19(6)24(27)20(7)14-17(4)12-18(5)15-21(8)25(28)22(9)23(26)11-2/h12-17,22H,10-11H2,1-9H3/b18-12+,19-13+,20-14+,21-15+. The fourth-order valence-corrected chi connectivity index (χ4v) is 3.12. The van der Waals surface area contributed by atoms with Crippen LogP contribution in [0, 0.1) is 17.8 Å². The molecule has 3 nitrogen and oxygen atoms in total.